The molecule has 3 atom stereocenters. The van der Waals surface area contributed by atoms with Crippen molar-refractivity contribution in [1.29, 1.82) is 0 Å². The number of hydrogen-bond acceptors (Lipinski definition) is 2. The lowest BCUT2D eigenvalue weighted by Gasteiger charge is -2.25. The van der Waals surface area contributed by atoms with E-state index in [1.54, 1.807) is 11.9 Å². The smallest absolute Gasteiger partial charge is 0.307 e. The number of aliphatic carboxylic acids is 1. The Labute approximate surface area is 125 Å². The molecule has 0 bridgehead atoms. The van der Waals surface area contributed by atoms with Gasteiger partial charge in [0.1, 0.15) is 0 Å². The lowest BCUT2D eigenvalue weighted by Crippen LogP contribution is -2.37. The highest BCUT2D eigenvalue weighted by Gasteiger charge is 2.42. The summed E-state index contributed by atoms with van der Waals surface area (Å²) in [5.74, 6) is -1.62. The number of anilines is 1. The molecule has 2 rings (SSSR count). The molecule has 1 amide bonds. The minimum atomic E-state index is -0.855. The Morgan fingerprint density at radius 1 is 1.19 bits per heavy atom. The maximum Gasteiger partial charge on any atom is 0.307 e. The van der Waals surface area contributed by atoms with Crippen LogP contribution in [-0.2, 0) is 9.59 Å². The van der Waals surface area contributed by atoms with Gasteiger partial charge in [0.05, 0.1) is 11.8 Å². The number of carboxylic acid groups (broad SMARTS) is 1. The molecule has 21 heavy (non-hydrogen) atoms. The predicted octanol–water partition coefficient (Wildman–Crippen LogP) is 3.01. The predicted molar refractivity (Wildman–Crippen MR) is 82.3 cm³/mol. The summed E-state index contributed by atoms with van der Waals surface area (Å²) in [5.41, 5.74) is 3.04. The Hall–Kier alpha value is -1.84. The summed E-state index contributed by atoms with van der Waals surface area (Å²) >= 11 is 0. The third kappa shape index (κ3) is 3.09. The molecule has 1 aliphatic carbocycles. The molecule has 1 aromatic rings. The summed E-state index contributed by atoms with van der Waals surface area (Å²) in [4.78, 5) is 25.7. The van der Waals surface area contributed by atoms with Gasteiger partial charge in [-0.2, -0.15) is 0 Å². The highest BCUT2D eigenvalue weighted by atomic mass is 16.4. The van der Waals surface area contributed by atoms with Gasteiger partial charge >= 0.3 is 5.97 Å². The number of nitrogens with zero attached hydrogens (tertiary/aromatic N) is 1. The largest absolute Gasteiger partial charge is 0.481 e. The van der Waals surface area contributed by atoms with Crippen LogP contribution in [0.4, 0.5) is 5.69 Å². The first-order valence-electron chi connectivity index (χ1n) is 7.39. The molecule has 4 nitrogen and oxygen atoms in total. The molecule has 0 aliphatic heterocycles. The van der Waals surface area contributed by atoms with E-state index >= 15 is 0 Å². The third-order valence-electron chi connectivity index (χ3n) is 4.48. The number of carbonyl (C=O) groups is 2. The van der Waals surface area contributed by atoms with Crippen molar-refractivity contribution in [2.75, 3.05) is 11.9 Å². The standard InChI is InChI=1S/C17H23NO3/c1-10-5-6-15(12(3)7-10)18(4)16(19)13-8-11(2)9-14(13)17(20)21/h5-7,11,13-14H,8-9H2,1-4H3,(H,20,21). The van der Waals surface area contributed by atoms with Crippen LogP contribution in [0.15, 0.2) is 18.2 Å². The van der Waals surface area contributed by atoms with Crippen molar-refractivity contribution >= 4 is 17.6 Å². The molecule has 1 saturated carbocycles. The lowest BCUT2D eigenvalue weighted by atomic mass is 9.94. The summed E-state index contributed by atoms with van der Waals surface area (Å²) in [5, 5.41) is 9.32. The average molecular weight is 289 g/mol. The Morgan fingerprint density at radius 3 is 2.38 bits per heavy atom. The highest BCUT2D eigenvalue weighted by Crippen LogP contribution is 2.38. The molecule has 0 saturated heterocycles. The third-order valence-corrected chi connectivity index (χ3v) is 4.48. The maximum atomic E-state index is 12.7. The van der Waals surface area contributed by atoms with Crippen LogP contribution in [0, 0.1) is 31.6 Å². The first-order valence-corrected chi connectivity index (χ1v) is 7.39. The SMILES string of the molecule is Cc1ccc(N(C)C(=O)C2CC(C)CC2C(=O)O)c(C)c1. The molecule has 1 aromatic carbocycles. The summed E-state index contributed by atoms with van der Waals surface area (Å²) in [6, 6.07) is 5.93. The molecule has 3 unspecified atom stereocenters. The molecular weight excluding hydrogens is 266 g/mol. The lowest BCUT2D eigenvalue weighted by molar-refractivity contribution is -0.145. The second-order valence-corrected chi connectivity index (χ2v) is 6.31. The summed E-state index contributed by atoms with van der Waals surface area (Å²) < 4.78 is 0. The summed E-state index contributed by atoms with van der Waals surface area (Å²) in [6.07, 6.45) is 1.25. The van der Waals surface area contributed by atoms with Gasteiger partial charge in [-0.1, -0.05) is 24.6 Å². The minimum absolute atomic E-state index is 0.0845. The molecule has 0 aromatic heterocycles. The van der Waals surface area contributed by atoms with Crippen molar-refractivity contribution in [3.8, 4) is 0 Å². The van der Waals surface area contributed by atoms with Crippen molar-refractivity contribution in [3.05, 3.63) is 29.3 Å². The number of carbonyl (C=O) groups excluding carboxylic acids is 1. The van der Waals surface area contributed by atoms with E-state index in [0.717, 1.165) is 16.8 Å². The fourth-order valence-electron chi connectivity index (χ4n) is 3.39. The van der Waals surface area contributed by atoms with Crippen LogP contribution >= 0.6 is 0 Å². The van der Waals surface area contributed by atoms with Crippen LogP contribution in [-0.4, -0.2) is 24.0 Å². The van der Waals surface area contributed by atoms with Gasteiger partial charge in [-0.15, -0.1) is 0 Å². The number of amides is 1. The van der Waals surface area contributed by atoms with E-state index in [1.807, 2.05) is 39.0 Å². The van der Waals surface area contributed by atoms with Crippen LogP contribution in [0.25, 0.3) is 0 Å². The molecule has 0 heterocycles. The zero-order chi connectivity index (χ0) is 15.7. The van der Waals surface area contributed by atoms with Gasteiger partial charge in [-0.05, 0) is 44.2 Å². The molecule has 1 N–H and O–H groups in total. The van der Waals surface area contributed by atoms with Gasteiger partial charge in [-0.25, -0.2) is 0 Å². The van der Waals surface area contributed by atoms with Gasteiger partial charge in [0.15, 0.2) is 0 Å². The van der Waals surface area contributed by atoms with E-state index in [2.05, 4.69) is 0 Å². The number of rotatable bonds is 3. The first-order chi connectivity index (χ1) is 9.81. The van der Waals surface area contributed by atoms with Crippen molar-refractivity contribution in [2.45, 2.75) is 33.6 Å². The van der Waals surface area contributed by atoms with Crippen molar-refractivity contribution in [2.24, 2.45) is 17.8 Å². The van der Waals surface area contributed by atoms with Crippen LogP contribution in [0.3, 0.4) is 0 Å². The number of benzene rings is 1. The van der Waals surface area contributed by atoms with Gasteiger partial charge in [0.25, 0.3) is 0 Å². The Morgan fingerprint density at radius 2 is 1.81 bits per heavy atom. The van der Waals surface area contributed by atoms with Gasteiger partial charge in [0.2, 0.25) is 5.91 Å². The second-order valence-electron chi connectivity index (χ2n) is 6.31. The zero-order valence-corrected chi connectivity index (χ0v) is 13.1. The summed E-state index contributed by atoms with van der Waals surface area (Å²) in [6.45, 7) is 6.00. The second kappa shape index (κ2) is 5.88. The fraction of sp³-hybridized carbons (Fsp3) is 0.529. The summed E-state index contributed by atoms with van der Waals surface area (Å²) in [7, 11) is 1.74. The quantitative estimate of drug-likeness (QED) is 0.930. The van der Waals surface area contributed by atoms with E-state index in [4.69, 9.17) is 0 Å². The van der Waals surface area contributed by atoms with E-state index in [1.165, 1.54) is 0 Å². The van der Waals surface area contributed by atoms with Crippen molar-refractivity contribution in [1.82, 2.24) is 0 Å². The van der Waals surface area contributed by atoms with E-state index in [0.29, 0.717) is 12.8 Å². The molecule has 1 aliphatic rings. The van der Waals surface area contributed by atoms with Gasteiger partial charge in [-0.3, -0.25) is 9.59 Å². The zero-order valence-electron chi connectivity index (χ0n) is 13.1. The average Bonchev–Trinajstić information content (AvgIpc) is 2.79. The minimum Gasteiger partial charge on any atom is -0.481 e. The van der Waals surface area contributed by atoms with Crippen molar-refractivity contribution < 1.29 is 14.7 Å². The normalized spacial score (nSPS) is 24.9. The van der Waals surface area contributed by atoms with Crippen LogP contribution in [0.2, 0.25) is 0 Å². The Balaban J connectivity index is 2.24. The topological polar surface area (TPSA) is 57.6 Å². The Bertz CT molecular complexity index is 567. The molecule has 0 radical (unpaired) electrons. The van der Waals surface area contributed by atoms with E-state index in [9.17, 15) is 14.7 Å². The van der Waals surface area contributed by atoms with Gasteiger partial charge in [0, 0.05) is 12.7 Å². The number of aryl methyl sites for hydroxylation is 2. The fourth-order valence-corrected chi connectivity index (χ4v) is 3.39. The molecule has 1 fully saturated rings. The number of hydrogen-bond donors (Lipinski definition) is 1. The molecule has 114 valence electrons. The monoisotopic (exact) mass is 289 g/mol. The molecule has 4 heteroatoms. The van der Waals surface area contributed by atoms with Gasteiger partial charge < -0.3 is 10.0 Å². The van der Waals surface area contributed by atoms with Crippen LogP contribution < -0.4 is 4.90 Å². The molecule has 0 spiro atoms. The van der Waals surface area contributed by atoms with Crippen LogP contribution in [0.1, 0.15) is 30.9 Å². The van der Waals surface area contributed by atoms with Crippen LogP contribution in [0.5, 0.6) is 0 Å². The molecular formula is C17H23NO3. The van der Waals surface area contributed by atoms with E-state index < -0.39 is 17.8 Å². The first kappa shape index (κ1) is 15.5. The van der Waals surface area contributed by atoms with Crippen molar-refractivity contribution in [3.63, 3.8) is 0 Å². The Kier molecular flexibility index (Phi) is 4.35. The number of carboxylic acids is 1. The highest BCUT2D eigenvalue weighted by molar-refractivity contribution is 5.97. The maximum absolute atomic E-state index is 12.7. The van der Waals surface area contributed by atoms with E-state index in [-0.39, 0.29) is 11.8 Å².